The number of aliphatic imine (C=N–C) groups is 2. The Labute approximate surface area is 166 Å². The summed E-state index contributed by atoms with van der Waals surface area (Å²) in [5.41, 5.74) is 3.14. The number of hydrogen-bond donors (Lipinski definition) is 1. The molecule has 30 heavy (non-hydrogen) atoms. The van der Waals surface area contributed by atoms with Crippen LogP contribution in [0.4, 0.5) is 32.2 Å². The molecule has 6 nitrogen and oxygen atoms in total. The van der Waals surface area contributed by atoms with E-state index in [-0.39, 0.29) is 18.3 Å². The zero-order valence-electron chi connectivity index (χ0n) is 15.6. The number of fused-ring (bicyclic) bond motifs is 2. The van der Waals surface area contributed by atoms with Gasteiger partial charge in [-0.2, -0.15) is 22.0 Å². The van der Waals surface area contributed by atoms with Gasteiger partial charge in [-0.15, -0.1) is 0 Å². The normalized spacial score (nSPS) is 19.4. The van der Waals surface area contributed by atoms with E-state index in [1.807, 2.05) is 0 Å². The number of nitrogens with zero attached hydrogens (tertiary/aromatic N) is 4. The van der Waals surface area contributed by atoms with Crippen molar-refractivity contribution in [2.75, 3.05) is 12.1 Å². The summed E-state index contributed by atoms with van der Waals surface area (Å²) in [6, 6.07) is 5.36. The average Bonchev–Trinajstić information content (AvgIpc) is 3.22. The van der Waals surface area contributed by atoms with Crippen LogP contribution in [0.15, 0.2) is 46.0 Å². The number of benzene rings is 1. The Kier molecular flexibility index (Phi) is 4.56. The number of hydrogen-bond acceptors (Lipinski definition) is 5. The topological polar surface area (TPSA) is 54.1 Å². The minimum Gasteiger partial charge on any atom is -0.364 e. The molecule has 0 aliphatic carbocycles. The maximum Gasteiger partial charge on any atom is 0.461 e. The number of amidine groups is 2. The molecule has 1 atom stereocenters. The molecular formula is C18H15F6N5O. The van der Waals surface area contributed by atoms with Gasteiger partial charge in [-0.25, -0.2) is 14.4 Å². The van der Waals surface area contributed by atoms with E-state index in [1.165, 1.54) is 30.3 Å². The summed E-state index contributed by atoms with van der Waals surface area (Å²) >= 11 is 0. The van der Waals surface area contributed by atoms with Crippen molar-refractivity contribution in [3.05, 3.63) is 41.9 Å². The maximum absolute atomic E-state index is 13.7. The van der Waals surface area contributed by atoms with Gasteiger partial charge in [0.15, 0.2) is 5.84 Å². The second-order valence-electron chi connectivity index (χ2n) is 6.79. The van der Waals surface area contributed by atoms with Crippen LogP contribution in [0.25, 0.3) is 10.9 Å². The Morgan fingerprint density at radius 1 is 1.13 bits per heavy atom. The van der Waals surface area contributed by atoms with Crippen molar-refractivity contribution < 1.29 is 31.1 Å². The molecule has 2 aliphatic heterocycles. The van der Waals surface area contributed by atoms with Gasteiger partial charge in [0.1, 0.15) is 24.1 Å². The fourth-order valence-corrected chi connectivity index (χ4v) is 3.28. The number of ether oxygens (including phenoxy) is 1. The minimum atomic E-state index is -5.82. The second-order valence-corrected chi connectivity index (χ2v) is 6.79. The summed E-state index contributed by atoms with van der Waals surface area (Å²) < 4.78 is 85.8. The summed E-state index contributed by atoms with van der Waals surface area (Å²) in [4.78, 5) is 6.75. The van der Waals surface area contributed by atoms with Crippen LogP contribution in [0.3, 0.4) is 0 Å². The monoisotopic (exact) mass is 431 g/mol. The minimum absolute atomic E-state index is 0.0458. The number of rotatable bonds is 4. The summed E-state index contributed by atoms with van der Waals surface area (Å²) in [6.45, 7) is 1.73. The first-order valence-corrected chi connectivity index (χ1v) is 8.71. The smallest absolute Gasteiger partial charge is 0.364 e. The van der Waals surface area contributed by atoms with Crippen molar-refractivity contribution in [2.45, 2.75) is 31.8 Å². The lowest BCUT2D eigenvalue weighted by Crippen LogP contribution is -2.51. The second kappa shape index (κ2) is 6.76. The van der Waals surface area contributed by atoms with E-state index in [4.69, 9.17) is 4.74 Å². The van der Waals surface area contributed by atoms with Crippen LogP contribution in [0.5, 0.6) is 0 Å². The largest absolute Gasteiger partial charge is 0.461 e. The molecule has 2 aliphatic rings. The highest BCUT2D eigenvalue weighted by Gasteiger charge is 2.62. The molecule has 12 heteroatoms. The zero-order chi connectivity index (χ0) is 21.8. The van der Waals surface area contributed by atoms with Crippen molar-refractivity contribution in [1.29, 1.82) is 0 Å². The fraction of sp³-hybridized carbons (Fsp3) is 0.333. The number of halogens is 6. The number of aromatic nitrogens is 1. The first-order valence-electron chi connectivity index (χ1n) is 8.71. The predicted molar refractivity (Wildman–Crippen MR) is 97.9 cm³/mol. The Morgan fingerprint density at radius 2 is 1.87 bits per heavy atom. The van der Waals surface area contributed by atoms with Gasteiger partial charge in [-0.3, -0.25) is 10.4 Å². The number of alkyl halides is 5. The van der Waals surface area contributed by atoms with E-state index in [2.05, 4.69) is 15.4 Å². The van der Waals surface area contributed by atoms with Gasteiger partial charge in [-0.05, 0) is 37.3 Å². The fourth-order valence-electron chi connectivity index (χ4n) is 3.28. The van der Waals surface area contributed by atoms with Gasteiger partial charge in [0.05, 0.1) is 11.6 Å². The molecule has 1 aromatic heterocycles. The van der Waals surface area contributed by atoms with Gasteiger partial charge in [0, 0.05) is 12.5 Å². The molecule has 2 aromatic rings. The quantitative estimate of drug-likeness (QED) is 0.745. The highest BCUT2D eigenvalue weighted by atomic mass is 19.4. The number of methoxy groups -OCH3 is 1. The lowest BCUT2D eigenvalue weighted by Gasteiger charge is -2.34. The van der Waals surface area contributed by atoms with E-state index in [1.54, 1.807) is 23.6 Å². The predicted octanol–water partition coefficient (Wildman–Crippen LogP) is 3.99. The van der Waals surface area contributed by atoms with Crippen molar-refractivity contribution >= 4 is 28.4 Å². The van der Waals surface area contributed by atoms with Crippen LogP contribution >= 0.6 is 0 Å². The summed E-state index contributed by atoms with van der Waals surface area (Å²) in [5, 5.41) is 2.19. The standard InChI is InChI=1S/C18H15F6N5O/c1-9-5-12-15(26-16(25-12)17(20,21)18(22,23)24)27-29(9)14-6-10-3-4-11(19)7-13(10)28(14)8-30-2/h3-7,9H,8H2,1-2H3,(H,25,26,27). The Bertz CT molecular complexity index is 1100. The van der Waals surface area contributed by atoms with Gasteiger partial charge >= 0.3 is 12.1 Å². The molecule has 0 radical (unpaired) electrons. The lowest BCUT2D eigenvalue weighted by atomic mass is 10.2. The maximum atomic E-state index is 13.7. The van der Waals surface area contributed by atoms with E-state index in [9.17, 15) is 26.3 Å². The van der Waals surface area contributed by atoms with Crippen LogP contribution in [0.1, 0.15) is 6.92 Å². The van der Waals surface area contributed by atoms with Crippen molar-refractivity contribution in [3.8, 4) is 0 Å². The summed E-state index contributed by atoms with van der Waals surface area (Å²) in [5.74, 6) is -7.04. The highest BCUT2D eigenvalue weighted by Crippen LogP contribution is 2.39. The van der Waals surface area contributed by atoms with Crippen molar-refractivity contribution in [1.82, 2.24) is 9.99 Å². The highest BCUT2D eigenvalue weighted by molar-refractivity contribution is 6.15. The molecule has 0 bridgehead atoms. The van der Waals surface area contributed by atoms with Crippen LogP contribution in [0.2, 0.25) is 0 Å². The number of hydrazine groups is 1. The molecule has 0 saturated carbocycles. The Morgan fingerprint density at radius 3 is 2.53 bits per heavy atom. The van der Waals surface area contributed by atoms with E-state index >= 15 is 0 Å². The Balaban J connectivity index is 1.74. The molecule has 1 unspecified atom stereocenters. The van der Waals surface area contributed by atoms with Gasteiger partial charge in [0.25, 0.3) is 0 Å². The Hall–Kier alpha value is -3.02. The number of anilines is 1. The molecule has 4 rings (SSSR count). The molecule has 1 N–H and O–H groups in total. The van der Waals surface area contributed by atoms with E-state index in [0.717, 1.165) is 0 Å². The molecule has 1 aromatic carbocycles. The molecular weight excluding hydrogens is 416 g/mol. The molecule has 160 valence electrons. The molecule has 0 amide bonds. The van der Waals surface area contributed by atoms with E-state index in [0.29, 0.717) is 16.7 Å². The third kappa shape index (κ3) is 3.11. The summed E-state index contributed by atoms with van der Waals surface area (Å²) in [7, 11) is 1.44. The average molecular weight is 431 g/mol. The third-order valence-electron chi connectivity index (χ3n) is 4.71. The van der Waals surface area contributed by atoms with Gasteiger partial charge in [-0.1, -0.05) is 0 Å². The van der Waals surface area contributed by atoms with Gasteiger partial charge in [0.2, 0.25) is 5.84 Å². The van der Waals surface area contributed by atoms with Crippen LogP contribution < -0.4 is 10.4 Å². The summed E-state index contributed by atoms with van der Waals surface area (Å²) in [6.07, 6.45) is -4.41. The van der Waals surface area contributed by atoms with Crippen LogP contribution in [-0.2, 0) is 11.5 Å². The van der Waals surface area contributed by atoms with Gasteiger partial charge < -0.3 is 9.30 Å². The van der Waals surface area contributed by atoms with Crippen LogP contribution in [0, 0.1) is 5.82 Å². The van der Waals surface area contributed by atoms with E-state index < -0.39 is 29.8 Å². The van der Waals surface area contributed by atoms with Crippen LogP contribution in [-0.4, -0.2) is 41.5 Å². The molecule has 0 fully saturated rings. The van der Waals surface area contributed by atoms with Crippen molar-refractivity contribution in [2.24, 2.45) is 9.98 Å². The first kappa shape index (κ1) is 20.3. The SMILES string of the molecule is COCn1c(N2NC3=NC(C(F)(F)C(F)(F)F)=NC3=CC2C)cc2ccc(F)cc21. The lowest BCUT2D eigenvalue weighted by molar-refractivity contribution is -0.249. The molecule has 0 saturated heterocycles. The first-order chi connectivity index (χ1) is 14.0. The zero-order valence-corrected chi connectivity index (χ0v) is 15.6. The third-order valence-corrected chi connectivity index (χ3v) is 4.71. The molecule has 0 spiro atoms. The molecule has 3 heterocycles. The number of nitrogens with one attached hydrogen (secondary N) is 1. The van der Waals surface area contributed by atoms with Crippen molar-refractivity contribution in [3.63, 3.8) is 0 Å².